The Morgan fingerprint density at radius 2 is 1.68 bits per heavy atom. The van der Waals surface area contributed by atoms with Crippen LogP contribution in [0.1, 0.15) is 44.9 Å². The quantitative estimate of drug-likeness (QED) is 0.711. The van der Waals surface area contributed by atoms with Crippen molar-refractivity contribution in [1.29, 1.82) is 0 Å². The molecule has 31 heavy (non-hydrogen) atoms. The third-order valence-electron chi connectivity index (χ3n) is 6.85. The minimum atomic E-state index is 0.416. The number of fused-ring (bicyclic) bond motifs is 1. The molecule has 7 nitrogen and oxygen atoms in total. The number of hydrogen-bond acceptors (Lipinski definition) is 7. The van der Waals surface area contributed by atoms with E-state index in [0.717, 1.165) is 61.1 Å². The Balaban J connectivity index is 1.67. The Morgan fingerprint density at radius 3 is 2.35 bits per heavy atom. The molecule has 0 amide bonds. The number of anilines is 2. The van der Waals surface area contributed by atoms with Crippen LogP contribution in [0.5, 0.6) is 11.5 Å². The number of likely N-dealkylation sites (tertiary alicyclic amines) is 1. The van der Waals surface area contributed by atoms with E-state index in [9.17, 15) is 0 Å². The maximum Gasteiger partial charge on any atom is 0.227 e. The topological polar surface area (TPSA) is 62.8 Å². The molecule has 1 saturated heterocycles. The lowest BCUT2D eigenvalue weighted by atomic mass is 9.89. The molecule has 1 aliphatic carbocycles. The van der Waals surface area contributed by atoms with Crippen molar-refractivity contribution in [2.45, 2.75) is 51.0 Å². The van der Waals surface area contributed by atoms with Crippen LogP contribution >= 0.6 is 0 Å². The van der Waals surface area contributed by atoms with Crippen LogP contribution in [0.2, 0.25) is 0 Å². The smallest absolute Gasteiger partial charge is 0.227 e. The van der Waals surface area contributed by atoms with Gasteiger partial charge in [0.15, 0.2) is 11.5 Å². The fourth-order valence-electron chi connectivity index (χ4n) is 4.91. The standard InChI is InChI=1S/C24H37N5O2/c1-28-12-10-18(11-13-28)25-23-19-14-21(30-3)22(31-4)15-20(19)26-24(27-23)29(2)16-17-8-6-5-7-9-17/h14-15,17-18H,5-13,16H2,1-4H3,(H,25,26,27). The Labute approximate surface area is 186 Å². The normalized spacial score (nSPS) is 18.8. The first kappa shape index (κ1) is 21.9. The monoisotopic (exact) mass is 427 g/mol. The van der Waals surface area contributed by atoms with Crippen LogP contribution in [0.25, 0.3) is 10.9 Å². The van der Waals surface area contributed by atoms with Crippen LogP contribution in [0, 0.1) is 5.92 Å². The molecule has 2 aromatic rings. The lowest BCUT2D eigenvalue weighted by Gasteiger charge is -2.31. The molecule has 1 saturated carbocycles. The van der Waals surface area contributed by atoms with Crippen LogP contribution < -0.4 is 19.7 Å². The number of nitrogens with one attached hydrogen (secondary N) is 1. The minimum absolute atomic E-state index is 0.416. The van der Waals surface area contributed by atoms with Gasteiger partial charge in [-0.15, -0.1) is 0 Å². The Kier molecular flexibility index (Phi) is 7.00. The zero-order valence-electron chi connectivity index (χ0n) is 19.5. The van der Waals surface area contributed by atoms with Crippen molar-refractivity contribution >= 4 is 22.7 Å². The number of ether oxygens (including phenoxy) is 2. The first-order valence-electron chi connectivity index (χ1n) is 11.7. The predicted molar refractivity (Wildman–Crippen MR) is 127 cm³/mol. The van der Waals surface area contributed by atoms with Crippen molar-refractivity contribution in [2.75, 3.05) is 58.2 Å². The van der Waals surface area contributed by atoms with Gasteiger partial charge in [-0.05, 0) is 57.8 Å². The van der Waals surface area contributed by atoms with Gasteiger partial charge >= 0.3 is 0 Å². The second-order valence-corrected chi connectivity index (χ2v) is 9.20. The molecule has 0 unspecified atom stereocenters. The summed E-state index contributed by atoms with van der Waals surface area (Å²) in [6.07, 6.45) is 8.91. The van der Waals surface area contributed by atoms with Crippen LogP contribution in [0.4, 0.5) is 11.8 Å². The highest BCUT2D eigenvalue weighted by Crippen LogP contribution is 2.36. The number of hydrogen-bond donors (Lipinski definition) is 1. The molecule has 2 aliphatic rings. The molecule has 2 fully saturated rings. The van der Waals surface area contributed by atoms with Gasteiger partial charge in [0, 0.05) is 31.1 Å². The van der Waals surface area contributed by atoms with Gasteiger partial charge in [0.25, 0.3) is 0 Å². The maximum atomic E-state index is 5.56. The van der Waals surface area contributed by atoms with Crippen molar-refractivity contribution in [3.05, 3.63) is 12.1 Å². The van der Waals surface area contributed by atoms with E-state index in [1.165, 1.54) is 32.1 Å². The largest absolute Gasteiger partial charge is 0.493 e. The molecule has 170 valence electrons. The number of piperidine rings is 1. The summed E-state index contributed by atoms with van der Waals surface area (Å²) in [7, 11) is 7.64. The second kappa shape index (κ2) is 9.90. The molecule has 2 heterocycles. The van der Waals surface area contributed by atoms with Crippen LogP contribution in [0.3, 0.4) is 0 Å². The number of rotatable bonds is 7. The lowest BCUT2D eigenvalue weighted by molar-refractivity contribution is 0.263. The van der Waals surface area contributed by atoms with E-state index in [2.05, 4.69) is 29.2 Å². The SMILES string of the molecule is COc1cc2nc(N(C)CC3CCCCC3)nc(NC3CCN(C)CC3)c2cc1OC. The summed E-state index contributed by atoms with van der Waals surface area (Å²) in [4.78, 5) is 14.5. The van der Waals surface area contributed by atoms with Crippen molar-refractivity contribution < 1.29 is 9.47 Å². The van der Waals surface area contributed by atoms with Crippen molar-refractivity contribution in [2.24, 2.45) is 5.92 Å². The van der Waals surface area contributed by atoms with Gasteiger partial charge in [0.05, 0.1) is 19.7 Å². The van der Waals surface area contributed by atoms with Gasteiger partial charge in [0.2, 0.25) is 5.95 Å². The molecule has 1 aromatic carbocycles. The fourth-order valence-corrected chi connectivity index (χ4v) is 4.91. The van der Waals surface area contributed by atoms with Crippen molar-refractivity contribution in [1.82, 2.24) is 14.9 Å². The van der Waals surface area contributed by atoms with Gasteiger partial charge in [-0.25, -0.2) is 4.98 Å². The molecule has 0 spiro atoms. The maximum absolute atomic E-state index is 5.56. The van der Waals surface area contributed by atoms with E-state index in [0.29, 0.717) is 17.5 Å². The van der Waals surface area contributed by atoms with Crippen LogP contribution in [0.15, 0.2) is 12.1 Å². The third-order valence-corrected chi connectivity index (χ3v) is 6.85. The summed E-state index contributed by atoms with van der Waals surface area (Å²) >= 11 is 0. The number of aromatic nitrogens is 2. The molecule has 4 rings (SSSR count). The lowest BCUT2D eigenvalue weighted by Crippen LogP contribution is -2.37. The first-order valence-corrected chi connectivity index (χ1v) is 11.7. The predicted octanol–water partition coefficient (Wildman–Crippen LogP) is 4.17. The van der Waals surface area contributed by atoms with E-state index in [1.54, 1.807) is 14.2 Å². The highest BCUT2D eigenvalue weighted by molar-refractivity contribution is 5.92. The summed E-state index contributed by atoms with van der Waals surface area (Å²) in [5.41, 5.74) is 0.883. The molecular weight excluding hydrogens is 390 g/mol. The third kappa shape index (κ3) is 5.14. The molecule has 1 aromatic heterocycles. The number of nitrogens with zero attached hydrogens (tertiary/aromatic N) is 4. The first-order chi connectivity index (χ1) is 15.1. The van der Waals surface area contributed by atoms with E-state index in [1.807, 2.05) is 12.1 Å². The van der Waals surface area contributed by atoms with E-state index in [-0.39, 0.29) is 0 Å². The molecule has 0 bridgehead atoms. The van der Waals surface area contributed by atoms with Gasteiger partial charge in [-0.2, -0.15) is 4.98 Å². The molecular formula is C24H37N5O2. The average molecular weight is 428 g/mol. The highest BCUT2D eigenvalue weighted by atomic mass is 16.5. The summed E-state index contributed by atoms with van der Waals surface area (Å²) in [6, 6.07) is 4.38. The minimum Gasteiger partial charge on any atom is -0.493 e. The molecule has 1 aliphatic heterocycles. The summed E-state index contributed by atoms with van der Waals surface area (Å²) < 4.78 is 11.1. The average Bonchev–Trinajstić information content (AvgIpc) is 2.80. The number of benzene rings is 1. The van der Waals surface area contributed by atoms with Crippen molar-refractivity contribution in [3.63, 3.8) is 0 Å². The zero-order valence-corrected chi connectivity index (χ0v) is 19.5. The Hall–Kier alpha value is -2.28. The van der Waals surface area contributed by atoms with Gasteiger partial charge in [0.1, 0.15) is 5.82 Å². The summed E-state index contributed by atoms with van der Waals surface area (Å²) in [5.74, 6) is 3.80. The Morgan fingerprint density at radius 1 is 1.00 bits per heavy atom. The van der Waals surface area contributed by atoms with E-state index >= 15 is 0 Å². The summed E-state index contributed by atoms with van der Waals surface area (Å²) in [5, 5.41) is 4.71. The highest BCUT2D eigenvalue weighted by Gasteiger charge is 2.22. The Bertz CT molecular complexity index is 876. The van der Waals surface area contributed by atoms with Crippen LogP contribution in [-0.2, 0) is 0 Å². The van der Waals surface area contributed by atoms with Crippen molar-refractivity contribution in [3.8, 4) is 11.5 Å². The zero-order chi connectivity index (χ0) is 21.8. The number of methoxy groups -OCH3 is 2. The van der Waals surface area contributed by atoms with E-state index < -0.39 is 0 Å². The molecule has 7 heteroatoms. The van der Waals surface area contributed by atoms with Gasteiger partial charge in [-0.1, -0.05) is 19.3 Å². The second-order valence-electron chi connectivity index (χ2n) is 9.20. The molecule has 0 atom stereocenters. The fraction of sp³-hybridized carbons (Fsp3) is 0.667. The summed E-state index contributed by atoms with van der Waals surface area (Å²) in [6.45, 7) is 3.21. The van der Waals surface area contributed by atoms with Gasteiger partial charge < -0.3 is 24.6 Å². The molecule has 1 N–H and O–H groups in total. The van der Waals surface area contributed by atoms with Gasteiger partial charge in [-0.3, -0.25) is 0 Å². The molecule has 0 radical (unpaired) electrons. The van der Waals surface area contributed by atoms with Crippen LogP contribution in [-0.4, -0.2) is 68.9 Å². The van der Waals surface area contributed by atoms with E-state index in [4.69, 9.17) is 19.4 Å².